The number of hydrogen-bond donors (Lipinski definition) is 0. The van der Waals surface area contributed by atoms with Crippen molar-refractivity contribution in [2.45, 2.75) is 12.4 Å². The van der Waals surface area contributed by atoms with Crippen LogP contribution in [0.25, 0.3) is 0 Å². The van der Waals surface area contributed by atoms with Gasteiger partial charge in [-0.2, -0.15) is 10.2 Å². The van der Waals surface area contributed by atoms with Crippen LogP contribution in [0.15, 0.2) is 30.9 Å². The van der Waals surface area contributed by atoms with Gasteiger partial charge in [-0.05, 0) is 12.1 Å². The van der Waals surface area contributed by atoms with Crippen LogP contribution in [0.2, 0.25) is 0 Å². The predicted octanol–water partition coefficient (Wildman–Crippen LogP) is 1.46. The molecule has 2 rings (SSSR count). The Morgan fingerprint density at radius 3 is 3.07 bits per heavy atom. The van der Waals surface area contributed by atoms with Crippen LogP contribution in [0.4, 0.5) is 0 Å². The molecule has 0 aliphatic rings. The highest BCUT2D eigenvalue weighted by atomic mass is 35.5. The predicted molar refractivity (Wildman–Crippen MR) is 52.9 cm³/mol. The largest absolute Gasteiger partial charge is 0.327 e. The molecule has 14 heavy (non-hydrogen) atoms. The van der Waals surface area contributed by atoms with Crippen molar-refractivity contribution in [2.24, 2.45) is 0 Å². The molecule has 0 aliphatic heterocycles. The standard InChI is InChI=1S/C9H9ClN4/c10-4-9-5-11-7-14(9)6-8-2-1-3-12-13-8/h1-3,5,7H,4,6H2. The van der Waals surface area contributed by atoms with Gasteiger partial charge in [-0.15, -0.1) is 11.6 Å². The third-order valence-electron chi connectivity index (χ3n) is 1.90. The summed E-state index contributed by atoms with van der Waals surface area (Å²) in [4.78, 5) is 4.02. The summed E-state index contributed by atoms with van der Waals surface area (Å²) in [6, 6.07) is 3.78. The lowest BCUT2D eigenvalue weighted by molar-refractivity contribution is 0.728. The van der Waals surface area contributed by atoms with Crippen LogP contribution < -0.4 is 0 Å². The van der Waals surface area contributed by atoms with Gasteiger partial charge in [-0.3, -0.25) is 0 Å². The molecule has 4 nitrogen and oxygen atoms in total. The van der Waals surface area contributed by atoms with Gasteiger partial charge < -0.3 is 4.57 Å². The van der Waals surface area contributed by atoms with Crippen LogP contribution in [0.3, 0.4) is 0 Å². The molecule has 0 aromatic carbocycles. The van der Waals surface area contributed by atoms with Crippen LogP contribution in [0.5, 0.6) is 0 Å². The van der Waals surface area contributed by atoms with Gasteiger partial charge in [0.2, 0.25) is 0 Å². The number of imidazole rings is 1. The molecular formula is C9H9ClN4. The molecule has 0 bridgehead atoms. The van der Waals surface area contributed by atoms with Crippen molar-refractivity contribution < 1.29 is 0 Å². The first-order chi connectivity index (χ1) is 6.90. The van der Waals surface area contributed by atoms with E-state index in [1.54, 1.807) is 18.7 Å². The van der Waals surface area contributed by atoms with Crippen LogP contribution in [0, 0.1) is 0 Å². The summed E-state index contributed by atoms with van der Waals surface area (Å²) in [6.07, 6.45) is 5.15. The van der Waals surface area contributed by atoms with E-state index in [1.165, 1.54) is 0 Å². The number of aromatic nitrogens is 4. The summed E-state index contributed by atoms with van der Waals surface area (Å²) in [6.45, 7) is 0.663. The van der Waals surface area contributed by atoms with Crippen molar-refractivity contribution in [3.8, 4) is 0 Å². The van der Waals surface area contributed by atoms with Gasteiger partial charge in [0.25, 0.3) is 0 Å². The highest BCUT2D eigenvalue weighted by molar-refractivity contribution is 6.16. The Bertz CT molecular complexity index is 398. The lowest BCUT2D eigenvalue weighted by Gasteiger charge is -2.03. The molecule has 0 aliphatic carbocycles. The molecular weight excluding hydrogens is 200 g/mol. The first kappa shape index (κ1) is 9.15. The fourth-order valence-corrected chi connectivity index (χ4v) is 1.42. The Hall–Kier alpha value is -1.42. The van der Waals surface area contributed by atoms with Gasteiger partial charge in [-0.1, -0.05) is 0 Å². The SMILES string of the molecule is ClCc1cncn1Cc1cccnn1. The fraction of sp³-hybridized carbons (Fsp3) is 0.222. The Morgan fingerprint density at radius 1 is 1.43 bits per heavy atom. The third-order valence-corrected chi connectivity index (χ3v) is 2.17. The summed E-state index contributed by atoms with van der Waals surface area (Å²) < 4.78 is 1.96. The normalized spacial score (nSPS) is 10.4. The average molecular weight is 209 g/mol. The van der Waals surface area contributed by atoms with Gasteiger partial charge in [0, 0.05) is 12.4 Å². The fourth-order valence-electron chi connectivity index (χ4n) is 1.19. The molecule has 0 fully saturated rings. The minimum Gasteiger partial charge on any atom is -0.327 e. The Morgan fingerprint density at radius 2 is 2.36 bits per heavy atom. The maximum Gasteiger partial charge on any atom is 0.0952 e. The van der Waals surface area contributed by atoms with E-state index in [0.717, 1.165) is 11.4 Å². The first-order valence-corrected chi connectivity index (χ1v) is 4.75. The van der Waals surface area contributed by atoms with E-state index in [-0.39, 0.29) is 0 Å². The summed E-state index contributed by atoms with van der Waals surface area (Å²) in [5.74, 6) is 0.459. The quantitative estimate of drug-likeness (QED) is 0.718. The van der Waals surface area contributed by atoms with Crippen molar-refractivity contribution in [2.75, 3.05) is 0 Å². The van der Waals surface area contributed by atoms with Crippen LogP contribution in [-0.2, 0) is 12.4 Å². The van der Waals surface area contributed by atoms with Crippen molar-refractivity contribution in [3.63, 3.8) is 0 Å². The number of halogens is 1. The second kappa shape index (κ2) is 4.19. The minimum atomic E-state index is 0.459. The zero-order valence-electron chi connectivity index (χ0n) is 7.47. The summed E-state index contributed by atoms with van der Waals surface area (Å²) >= 11 is 5.74. The molecule has 0 saturated carbocycles. The van der Waals surface area contributed by atoms with Gasteiger partial charge in [0.1, 0.15) is 0 Å². The van der Waals surface area contributed by atoms with E-state index in [4.69, 9.17) is 11.6 Å². The van der Waals surface area contributed by atoms with Crippen molar-refractivity contribution in [1.29, 1.82) is 0 Å². The maximum atomic E-state index is 5.74. The number of rotatable bonds is 3. The molecule has 0 spiro atoms. The van der Waals surface area contributed by atoms with Crippen molar-refractivity contribution >= 4 is 11.6 Å². The molecule has 0 unspecified atom stereocenters. The van der Waals surface area contributed by atoms with Crippen LogP contribution in [-0.4, -0.2) is 19.7 Å². The summed E-state index contributed by atoms with van der Waals surface area (Å²) in [5.41, 5.74) is 1.88. The topological polar surface area (TPSA) is 43.6 Å². The Labute approximate surface area is 86.6 Å². The zero-order chi connectivity index (χ0) is 9.80. The van der Waals surface area contributed by atoms with Gasteiger partial charge in [0.05, 0.1) is 30.1 Å². The first-order valence-electron chi connectivity index (χ1n) is 4.21. The molecule has 0 N–H and O–H groups in total. The van der Waals surface area contributed by atoms with E-state index in [0.29, 0.717) is 12.4 Å². The van der Waals surface area contributed by atoms with Crippen LogP contribution in [0.1, 0.15) is 11.4 Å². The molecule has 5 heteroatoms. The van der Waals surface area contributed by atoms with E-state index in [1.807, 2.05) is 16.7 Å². The molecule has 2 aromatic heterocycles. The molecule has 0 radical (unpaired) electrons. The molecule has 0 atom stereocenters. The van der Waals surface area contributed by atoms with E-state index >= 15 is 0 Å². The second-order valence-corrected chi connectivity index (χ2v) is 3.13. The smallest absolute Gasteiger partial charge is 0.0952 e. The maximum absolute atomic E-state index is 5.74. The molecule has 2 heterocycles. The lowest BCUT2D eigenvalue weighted by Crippen LogP contribution is -2.03. The number of hydrogen-bond acceptors (Lipinski definition) is 3. The van der Waals surface area contributed by atoms with E-state index < -0.39 is 0 Å². The highest BCUT2D eigenvalue weighted by Gasteiger charge is 2.01. The highest BCUT2D eigenvalue weighted by Crippen LogP contribution is 2.05. The third kappa shape index (κ3) is 1.90. The monoisotopic (exact) mass is 208 g/mol. The Balaban J connectivity index is 2.19. The lowest BCUT2D eigenvalue weighted by atomic mass is 10.4. The summed E-state index contributed by atoms with van der Waals surface area (Å²) in [5, 5.41) is 7.79. The van der Waals surface area contributed by atoms with Crippen molar-refractivity contribution in [1.82, 2.24) is 19.7 Å². The Kier molecular flexibility index (Phi) is 2.74. The number of alkyl halides is 1. The van der Waals surface area contributed by atoms with E-state index in [9.17, 15) is 0 Å². The second-order valence-electron chi connectivity index (χ2n) is 2.86. The number of nitrogens with zero attached hydrogens (tertiary/aromatic N) is 4. The molecule has 72 valence electrons. The molecule has 2 aromatic rings. The zero-order valence-corrected chi connectivity index (χ0v) is 8.22. The van der Waals surface area contributed by atoms with Crippen LogP contribution >= 0.6 is 11.6 Å². The average Bonchev–Trinajstić information content (AvgIpc) is 2.67. The van der Waals surface area contributed by atoms with E-state index in [2.05, 4.69) is 15.2 Å². The van der Waals surface area contributed by atoms with Gasteiger partial charge >= 0.3 is 0 Å². The molecule has 0 saturated heterocycles. The minimum absolute atomic E-state index is 0.459. The van der Waals surface area contributed by atoms with Gasteiger partial charge in [0.15, 0.2) is 0 Å². The van der Waals surface area contributed by atoms with Crippen molar-refractivity contribution in [3.05, 3.63) is 42.2 Å². The van der Waals surface area contributed by atoms with Gasteiger partial charge in [-0.25, -0.2) is 4.98 Å². The summed E-state index contributed by atoms with van der Waals surface area (Å²) in [7, 11) is 0. The molecule has 0 amide bonds.